The first-order chi connectivity index (χ1) is 19.6. The summed E-state index contributed by atoms with van der Waals surface area (Å²) in [5, 5.41) is -0.456. The second-order valence-corrected chi connectivity index (χ2v) is 10.7. The summed E-state index contributed by atoms with van der Waals surface area (Å²) in [7, 11) is 3.68. The van der Waals surface area contributed by atoms with Gasteiger partial charge in [-0.2, -0.15) is 0 Å². The Labute approximate surface area is 239 Å². The van der Waals surface area contributed by atoms with Gasteiger partial charge in [0.15, 0.2) is 11.5 Å². The molecule has 0 bridgehead atoms. The van der Waals surface area contributed by atoms with Crippen LogP contribution >= 0.6 is 11.8 Å². The van der Waals surface area contributed by atoms with Crippen LogP contribution in [0.4, 0.5) is 5.69 Å². The smallest absolute Gasteiger partial charge is 0.245 e. The molecule has 2 aliphatic rings. The molecule has 9 nitrogen and oxygen atoms in total. The number of amides is 1. The predicted molar refractivity (Wildman–Crippen MR) is 155 cm³/mol. The highest BCUT2D eigenvalue weighted by Crippen LogP contribution is 2.49. The van der Waals surface area contributed by atoms with Crippen LogP contribution in [0.25, 0.3) is 0 Å². The molecule has 0 saturated heterocycles. The maximum atomic E-state index is 13.6. The fourth-order valence-electron chi connectivity index (χ4n) is 4.68. The van der Waals surface area contributed by atoms with Crippen molar-refractivity contribution in [2.24, 2.45) is 5.73 Å². The van der Waals surface area contributed by atoms with Crippen molar-refractivity contribution in [3.63, 3.8) is 0 Å². The number of anilines is 1. The van der Waals surface area contributed by atoms with Crippen LogP contribution in [0.5, 0.6) is 28.7 Å². The van der Waals surface area contributed by atoms with E-state index in [2.05, 4.69) is 11.9 Å². The Morgan fingerprint density at radius 2 is 1.82 bits per heavy atom. The molecule has 3 aromatic carbocycles. The van der Waals surface area contributed by atoms with E-state index >= 15 is 0 Å². The van der Waals surface area contributed by atoms with Crippen LogP contribution in [0.2, 0.25) is 0 Å². The largest absolute Gasteiger partial charge is 0.497 e. The zero-order chi connectivity index (χ0) is 27.9. The number of carbonyl (C=O) groups is 1. The topological polar surface area (TPSA) is 95.7 Å². The number of carbonyl (C=O) groups excluding carboxylic acids is 1. The molecule has 1 atom stereocenters. The van der Waals surface area contributed by atoms with Gasteiger partial charge in [0.2, 0.25) is 12.7 Å². The van der Waals surface area contributed by atoms with E-state index in [9.17, 15) is 4.79 Å². The number of nitrogens with zero attached hydrogens (tertiary/aromatic N) is 2. The number of nitrogens with two attached hydrogens (primary N) is 1. The molecule has 40 heavy (non-hydrogen) atoms. The Morgan fingerprint density at radius 3 is 2.67 bits per heavy atom. The van der Waals surface area contributed by atoms with Gasteiger partial charge in [0.05, 0.1) is 19.4 Å². The van der Waals surface area contributed by atoms with Gasteiger partial charge in [-0.1, -0.05) is 12.1 Å². The van der Waals surface area contributed by atoms with Crippen molar-refractivity contribution in [1.29, 1.82) is 0 Å². The van der Waals surface area contributed by atoms with Gasteiger partial charge in [-0.3, -0.25) is 4.79 Å². The van der Waals surface area contributed by atoms with Crippen molar-refractivity contribution in [1.82, 2.24) is 4.90 Å². The van der Waals surface area contributed by atoms with Gasteiger partial charge in [-0.15, -0.1) is 11.8 Å². The first kappa shape index (κ1) is 27.9. The second kappa shape index (κ2) is 13.2. The van der Waals surface area contributed by atoms with Gasteiger partial charge in [0.1, 0.15) is 29.1 Å². The molecule has 5 rings (SSSR count). The number of hydrogen-bond acceptors (Lipinski definition) is 9. The Morgan fingerprint density at radius 1 is 1.00 bits per heavy atom. The molecule has 0 fully saturated rings. The van der Waals surface area contributed by atoms with Crippen LogP contribution in [0, 0.1) is 0 Å². The molecule has 0 aliphatic carbocycles. The van der Waals surface area contributed by atoms with Gasteiger partial charge < -0.3 is 39.2 Å². The standard InChI is InChI=1S/C30H35N3O6S/c1-32(15-17-36-22-9-11-26-27(19-22)39-20-38-26)13-5-16-37-25-10-8-21(35-2)18-23(25)29-30(34)33(14-12-31)24-6-3-4-7-28(24)40-29/h3-4,6-11,18-19,29H,5,12-17,20,31H2,1-2H3/t29-/m1/s1. The fraction of sp³-hybridized carbons (Fsp3) is 0.367. The summed E-state index contributed by atoms with van der Waals surface area (Å²) in [4.78, 5) is 18.7. The molecule has 2 aliphatic heterocycles. The second-order valence-electron chi connectivity index (χ2n) is 9.52. The molecule has 0 saturated carbocycles. The molecule has 3 aromatic rings. The van der Waals surface area contributed by atoms with E-state index in [1.165, 1.54) is 11.8 Å². The van der Waals surface area contributed by atoms with Crippen molar-refractivity contribution >= 4 is 23.4 Å². The van der Waals surface area contributed by atoms with Gasteiger partial charge in [0.25, 0.3) is 0 Å². The number of fused-ring (bicyclic) bond motifs is 2. The number of hydrogen-bond donors (Lipinski definition) is 1. The minimum atomic E-state index is -0.456. The number of thioether (sulfide) groups is 1. The first-order valence-corrected chi connectivity index (χ1v) is 14.2. The van der Waals surface area contributed by atoms with E-state index in [4.69, 9.17) is 29.4 Å². The maximum Gasteiger partial charge on any atom is 0.245 e. The third-order valence-corrected chi connectivity index (χ3v) is 8.06. The zero-order valence-electron chi connectivity index (χ0n) is 22.8. The van der Waals surface area contributed by atoms with E-state index in [1.54, 1.807) is 12.0 Å². The molecule has 0 unspecified atom stereocenters. The van der Waals surface area contributed by atoms with Crippen molar-refractivity contribution in [3.05, 3.63) is 66.2 Å². The van der Waals surface area contributed by atoms with E-state index < -0.39 is 5.25 Å². The van der Waals surface area contributed by atoms with E-state index in [0.29, 0.717) is 43.6 Å². The zero-order valence-corrected chi connectivity index (χ0v) is 23.7. The highest BCUT2D eigenvalue weighted by Gasteiger charge is 2.36. The summed E-state index contributed by atoms with van der Waals surface area (Å²) in [6.45, 7) is 3.77. The molecule has 0 aromatic heterocycles. The van der Waals surface area contributed by atoms with Gasteiger partial charge >= 0.3 is 0 Å². The number of likely N-dealkylation sites (N-methyl/N-ethyl adjacent to an activating group) is 1. The molecular formula is C30H35N3O6S. The summed E-state index contributed by atoms with van der Waals surface area (Å²) in [5.74, 6) is 3.58. The Bertz CT molecular complexity index is 1320. The summed E-state index contributed by atoms with van der Waals surface area (Å²) < 4.78 is 28.4. The predicted octanol–water partition coefficient (Wildman–Crippen LogP) is 4.34. The Hall–Kier alpha value is -3.60. The third kappa shape index (κ3) is 6.41. The number of benzene rings is 3. The molecule has 10 heteroatoms. The van der Waals surface area contributed by atoms with Crippen LogP contribution in [-0.4, -0.2) is 71.2 Å². The van der Waals surface area contributed by atoms with Gasteiger partial charge in [0, 0.05) is 42.7 Å². The molecule has 0 radical (unpaired) electrons. The SMILES string of the molecule is COc1ccc(OCCCN(C)CCOc2ccc3c(c2)OCO3)c([C@H]2Sc3ccccc3N(CCN)C2=O)c1. The van der Waals surface area contributed by atoms with Crippen molar-refractivity contribution in [3.8, 4) is 28.7 Å². The quantitative estimate of drug-likeness (QED) is 0.304. The minimum Gasteiger partial charge on any atom is -0.497 e. The van der Waals surface area contributed by atoms with Gasteiger partial charge in [-0.05, 0) is 55.9 Å². The lowest BCUT2D eigenvalue weighted by atomic mass is 10.1. The van der Waals surface area contributed by atoms with E-state index in [1.807, 2.05) is 60.7 Å². The number of para-hydroxylation sites is 1. The van der Waals surface area contributed by atoms with Crippen LogP contribution in [-0.2, 0) is 4.79 Å². The summed E-state index contributed by atoms with van der Waals surface area (Å²) in [6, 6.07) is 19.2. The maximum absolute atomic E-state index is 13.6. The highest BCUT2D eigenvalue weighted by atomic mass is 32.2. The molecule has 2 N–H and O–H groups in total. The Balaban J connectivity index is 1.16. The summed E-state index contributed by atoms with van der Waals surface area (Å²) in [5.41, 5.74) is 7.56. The molecular weight excluding hydrogens is 530 g/mol. The summed E-state index contributed by atoms with van der Waals surface area (Å²) in [6.07, 6.45) is 0.819. The fourth-order valence-corrected chi connectivity index (χ4v) is 5.93. The molecule has 212 valence electrons. The van der Waals surface area contributed by atoms with Crippen LogP contribution in [0.1, 0.15) is 17.2 Å². The van der Waals surface area contributed by atoms with Crippen LogP contribution < -0.4 is 34.3 Å². The molecule has 1 amide bonds. The lowest BCUT2D eigenvalue weighted by molar-refractivity contribution is -0.118. The van der Waals surface area contributed by atoms with E-state index in [-0.39, 0.29) is 12.7 Å². The average Bonchev–Trinajstić information content (AvgIpc) is 3.45. The monoisotopic (exact) mass is 565 g/mol. The number of methoxy groups -OCH3 is 1. The van der Waals surface area contributed by atoms with Crippen LogP contribution in [0.15, 0.2) is 65.6 Å². The van der Waals surface area contributed by atoms with Gasteiger partial charge in [-0.25, -0.2) is 0 Å². The molecule has 0 spiro atoms. The Kier molecular flexibility index (Phi) is 9.20. The third-order valence-electron chi connectivity index (χ3n) is 6.77. The van der Waals surface area contributed by atoms with Crippen molar-refractivity contribution < 1.29 is 28.5 Å². The number of rotatable bonds is 13. The average molecular weight is 566 g/mol. The van der Waals surface area contributed by atoms with E-state index in [0.717, 1.165) is 47.2 Å². The number of ether oxygens (including phenoxy) is 5. The molecule has 2 heterocycles. The van der Waals surface area contributed by atoms with Crippen molar-refractivity contribution in [2.45, 2.75) is 16.6 Å². The highest BCUT2D eigenvalue weighted by molar-refractivity contribution is 8.00. The lowest BCUT2D eigenvalue weighted by Crippen LogP contribution is -2.40. The first-order valence-electron chi connectivity index (χ1n) is 13.4. The normalized spacial score (nSPS) is 15.8. The van der Waals surface area contributed by atoms with Crippen LogP contribution in [0.3, 0.4) is 0 Å². The lowest BCUT2D eigenvalue weighted by Gasteiger charge is -2.34. The summed E-state index contributed by atoms with van der Waals surface area (Å²) >= 11 is 1.53. The minimum absolute atomic E-state index is 0.00514. The van der Waals surface area contributed by atoms with Crippen molar-refractivity contribution in [2.75, 3.05) is 65.2 Å².